The van der Waals surface area contributed by atoms with Gasteiger partial charge in [-0.15, -0.1) is 0 Å². The zero-order valence-electron chi connectivity index (χ0n) is 16.8. The molecule has 4 nitrogen and oxygen atoms in total. The van der Waals surface area contributed by atoms with Crippen molar-refractivity contribution in [3.05, 3.63) is 71.1 Å². The number of nitrogens with zero attached hydrogens (tertiary/aromatic N) is 4. The number of halogens is 1. The topological polar surface area (TPSA) is 34.0 Å². The maximum absolute atomic E-state index is 13.3. The molecule has 5 heteroatoms. The quantitative estimate of drug-likeness (QED) is 0.643. The van der Waals surface area contributed by atoms with Crippen LogP contribution in [-0.2, 0) is 13.6 Å². The summed E-state index contributed by atoms with van der Waals surface area (Å²) in [5.41, 5.74) is 6.61. The molecule has 0 N–H and O–H groups in total. The molecule has 3 heterocycles. The fraction of sp³-hybridized carbons (Fsp3) is 0.391. The van der Waals surface area contributed by atoms with E-state index in [4.69, 9.17) is 4.98 Å². The normalized spacial score (nSPS) is 17.8. The zero-order chi connectivity index (χ0) is 19.7. The Labute approximate surface area is 166 Å². The summed E-state index contributed by atoms with van der Waals surface area (Å²) in [4.78, 5) is 7.41. The highest BCUT2D eigenvalue weighted by Crippen LogP contribution is 2.33. The molecule has 3 aromatic rings. The third-order valence-corrected chi connectivity index (χ3v) is 5.59. The first-order chi connectivity index (χ1) is 13.5. The zero-order valence-corrected chi connectivity index (χ0v) is 16.8. The molecule has 1 aliphatic heterocycles. The minimum absolute atomic E-state index is 0.208. The van der Waals surface area contributed by atoms with Gasteiger partial charge in [-0.3, -0.25) is 14.6 Å². The summed E-state index contributed by atoms with van der Waals surface area (Å²) in [6.45, 7) is 6.08. The average molecular weight is 378 g/mol. The number of piperidine rings is 1. The fourth-order valence-corrected chi connectivity index (χ4v) is 4.21. The van der Waals surface area contributed by atoms with E-state index in [2.05, 4.69) is 35.3 Å². The Morgan fingerprint density at radius 2 is 1.86 bits per heavy atom. The molecule has 1 atom stereocenters. The summed E-state index contributed by atoms with van der Waals surface area (Å²) in [5.74, 6) is -0.208. The predicted molar refractivity (Wildman–Crippen MR) is 109 cm³/mol. The molecule has 0 spiro atoms. The van der Waals surface area contributed by atoms with Gasteiger partial charge in [0.1, 0.15) is 5.82 Å². The molecule has 0 aliphatic carbocycles. The Bertz CT molecular complexity index is 961. The first-order valence-electron chi connectivity index (χ1n) is 9.97. The van der Waals surface area contributed by atoms with Crippen LogP contribution in [0.3, 0.4) is 0 Å². The van der Waals surface area contributed by atoms with Gasteiger partial charge >= 0.3 is 0 Å². The van der Waals surface area contributed by atoms with Crippen LogP contribution in [0.15, 0.2) is 42.6 Å². The molecule has 0 bridgehead atoms. The van der Waals surface area contributed by atoms with Crippen molar-refractivity contribution in [1.29, 1.82) is 0 Å². The van der Waals surface area contributed by atoms with Crippen molar-refractivity contribution < 1.29 is 4.39 Å². The van der Waals surface area contributed by atoms with E-state index in [0.717, 1.165) is 47.7 Å². The molecule has 2 aromatic heterocycles. The molecule has 0 radical (unpaired) electrons. The lowest BCUT2D eigenvalue weighted by Gasteiger charge is -2.35. The number of benzene rings is 1. The lowest BCUT2D eigenvalue weighted by atomic mass is 9.95. The lowest BCUT2D eigenvalue weighted by molar-refractivity contribution is 0.137. The molecule has 146 valence electrons. The fourth-order valence-electron chi connectivity index (χ4n) is 4.21. The first-order valence-corrected chi connectivity index (χ1v) is 9.97. The molecular formula is C23H27FN4. The molecule has 1 aliphatic rings. The summed E-state index contributed by atoms with van der Waals surface area (Å²) in [7, 11) is 1.97. The van der Waals surface area contributed by atoms with Gasteiger partial charge in [0.25, 0.3) is 0 Å². The summed E-state index contributed by atoms with van der Waals surface area (Å²) < 4.78 is 15.2. The number of likely N-dealkylation sites (tertiary alicyclic amines) is 1. The van der Waals surface area contributed by atoms with Crippen molar-refractivity contribution in [2.24, 2.45) is 7.05 Å². The van der Waals surface area contributed by atoms with Crippen molar-refractivity contribution in [2.45, 2.75) is 45.7 Å². The van der Waals surface area contributed by atoms with Crippen LogP contribution in [0.1, 0.15) is 47.9 Å². The maximum atomic E-state index is 13.3. The Morgan fingerprint density at radius 3 is 2.57 bits per heavy atom. The van der Waals surface area contributed by atoms with Gasteiger partial charge < -0.3 is 0 Å². The predicted octanol–water partition coefficient (Wildman–Crippen LogP) is 4.97. The van der Waals surface area contributed by atoms with Gasteiger partial charge in [0.05, 0.1) is 17.4 Å². The molecule has 1 unspecified atom stereocenters. The average Bonchev–Trinajstić information content (AvgIpc) is 2.99. The van der Waals surface area contributed by atoms with E-state index in [9.17, 15) is 4.39 Å². The SMILES string of the molecule is Cc1cc(-c2ccc(F)cc2)cc(C2CCCCN2Cc2cn(C)nc2C)n1. The van der Waals surface area contributed by atoms with E-state index in [0.29, 0.717) is 6.04 Å². The highest BCUT2D eigenvalue weighted by atomic mass is 19.1. The van der Waals surface area contributed by atoms with E-state index in [1.807, 2.05) is 30.8 Å². The maximum Gasteiger partial charge on any atom is 0.123 e. The molecule has 1 aromatic carbocycles. The van der Waals surface area contributed by atoms with Crippen LogP contribution in [0, 0.1) is 19.7 Å². The van der Waals surface area contributed by atoms with E-state index < -0.39 is 0 Å². The van der Waals surface area contributed by atoms with Gasteiger partial charge in [0.15, 0.2) is 0 Å². The van der Waals surface area contributed by atoms with E-state index in [1.54, 1.807) is 0 Å². The minimum Gasteiger partial charge on any atom is -0.290 e. The Morgan fingerprint density at radius 1 is 1.07 bits per heavy atom. The number of aryl methyl sites for hydroxylation is 3. The minimum atomic E-state index is -0.208. The number of pyridine rings is 1. The smallest absolute Gasteiger partial charge is 0.123 e. The number of hydrogen-bond donors (Lipinski definition) is 0. The van der Waals surface area contributed by atoms with Crippen molar-refractivity contribution in [2.75, 3.05) is 6.54 Å². The summed E-state index contributed by atoms with van der Waals surface area (Å²) in [5, 5.41) is 4.49. The third kappa shape index (κ3) is 3.99. The van der Waals surface area contributed by atoms with Gasteiger partial charge in [0.2, 0.25) is 0 Å². The number of hydrogen-bond acceptors (Lipinski definition) is 3. The van der Waals surface area contributed by atoms with Crippen molar-refractivity contribution in [1.82, 2.24) is 19.7 Å². The molecule has 1 saturated heterocycles. The third-order valence-electron chi connectivity index (χ3n) is 5.59. The van der Waals surface area contributed by atoms with E-state index >= 15 is 0 Å². The van der Waals surface area contributed by atoms with Crippen molar-refractivity contribution in [3.63, 3.8) is 0 Å². The summed E-state index contributed by atoms with van der Waals surface area (Å²) in [6.07, 6.45) is 5.66. The number of aromatic nitrogens is 3. The highest BCUT2D eigenvalue weighted by molar-refractivity contribution is 5.64. The van der Waals surface area contributed by atoms with Crippen LogP contribution < -0.4 is 0 Å². The highest BCUT2D eigenvalue weighted by Gasteiger charge is 2.26. The first kappa shape index (κ1) is 18.8. The van der Waals surface area contributed by atoms with Crippen LogP contribution in [0.4, 0.5) is 4.39 Å². The van der Waals surface area contributed by atoms with E-state index in [-0.39, 0.29) is 5.82 Å². The Kier molecular flexibility index (Phi) is 5.27. The number of rotatable bonds is 4. The summed E-state index contributed by atoms with van der Waals surface area (Å²) >= 11 is 0. The second kappa shape index (κ2) is 7.84. The molecule has 1 fully saturated rings. The molecule has 0 amide bonds. The molecular weight excluding hydrogens is 351 g/mol. The van der Waals surface area contributed by atoms with Gasteiger partial charge in [0, 0.05) is 31.0 Å². The van der Waals surface area contributed by atoms with Crippen LogP contribution in [0.5, 0.6) is 0 Å². The summed E-state index contributed by atoms with van der Waals surface area (Å²) in [6, 6.07) is 11.3. The monoisotopic (exact) mass is 378 g/mol. The van der Waals surface area contributed by atoms with Crippen LogP contribution in [-0.4, -0.2) is 26.2 Å². The molecule has 28 heavy (non-hydrogen) atoms. The van der Waals surface area contributed by atoms with Crippen LogP contribution in [0.2, 0.25) is 0 Å². The Balaban J connectivity index is 1.65. The second-order valence-corrected chi connectivity index (χ2v) is 7.82. The van der Waals surface area contributed by atoms with Gasteiger partial charge in [-0.2, -0.15) is 5.10 Å². The lowest BCUT2D eigenvalue weighted by Crippen LogP contribution is -2.33. The van der Waals surface area contributed by atoms with E-state index in [1.165, 1.54) is 30.5 Å². The standard InChI is InChI=1S/C23H27FN4/c1-16-12-19(18-7-9-21(24)10-8-18)13-22(25-16)23-6-4-5-11-28(23)15-20-14-27(3)26-17(20)2/h7-10,12-14,23H,4-6,11,15H2,1-3H3. The van der Waals surface area contributed by atoms with Gasteiger partial charge in [-0.25, -0.2) is 4.39 Å². The Hall–Kier alpha value is -2.53. The molecule has 4 rings (SSSR count). The van der Waals surface area contributed by atoms with Crippen molar-refractivity contribution in [3.8, 4) is 11.1 Å². The largest absolute Gasteiger partial charge is 0.290 e. The van der Waals surface area contributed by atoms with Gasteiger partial charge in [-0.1, -0.05) is 18.6 Å². The van der Waals surface area contributed by atoms with Crippen molar-refractivity contribution >= 4 is 0 Å². The van der Waals surface area contributed by atoms with Crippen LogP contribution in [0.25, 0.3) is 11.1 Å². The van der Waals surface area contributed by atoms with Crippen LogP contribution >= 0.6 is 0 Å². The molecule has 0 saturated carbocycles. The second-order valence-electron chi connectivity index (χ2n) is 7.82. The van der Waals surface area contributed by atoms with Gasteiger partial charge in [-0.05, 0) is 68.6 Å².